The molecule has 1 fully saturated rings. The maximum atomic E-state index is 4.89. The van der Waals surface area contributed by atoms with Gasteiger partial charge >= 0.3 is 0 Å². The Kier molecular flexibility index (Phi) is 6.35. The van der Waals surface area contributed by atoms with E-state index in [2.05, 4.69) is 59.4 Å². The molecule has 5 aromatic rings. The second kappa shape index (κ2) is 10.1. The van der Waals surface area contributed by atoms with E-state index in [9.17, 15) is 0 Å². The van der Waals surface area contributed by atoms with E-state index in [0.29, 0.717) is 0 Å². The van der Waals surface area contributed by atoms with Crippen molar-refractivity contribution in [2.45, 2.75) is 39.0 Å². The highest BCUT2D eigenvalue weighted by molar-refractivity contribution is 5.65. The molecule has 0 spiro atoms. The predicted octanol–water partition coefficient (Wildman–Crippen LogP) is 5.51. The van der Waals surface area contributed by atoms with Crippen LogP contribution in [-0.2, 0) is 12.8 Å². The van der Waals surface area contributed by atoms with Gasteiger partial charge in [-0.2, -0.15) is 10.2 Å². The standard InChI is InChI=1S/C30H32N6/c1-23-27(22-31-35(23)26-10-3-2-4-11-26)28-12-7-13-30-32-29(33-36(28)30)21-25-16-14-24(15-17-25)9-8-20-34-18-5-6-19-34/h2-4,7,10-17,22H,5-6,8-9,18-21H2,1H3. The molecule has 36 heavy (non-hydrogen) atoms. The Bertz CT molecular complexity index is 1440. The molecule has 6 heteroatoms. The summed E-state index contributed by atoms with van der Waals surface area (Å²) in [5, 5.41) is 9.53. The van der Waals surface area contributed by atoms with Gasteiger partial charge in [0.25, 0.3) is 0 Å². The molecule has 0 N–H and O–H groups in total. The Morgan fingerprint density at radius 2 is 1.61 bits per heavy atom. The summed E-state index contributed by atoms with van der Waals surface area (Å²) in [7, 11) is 0. The summed E-state index contributed by atoms with van der Waals surface area (Å²) in [6.07, 6.45) is 7.74. The first-order valence-corrected chi connectivity index (χ1v) is 13.0. The van der Waals surface area contributed by atoms with Crippen LogP contribution in [0.15, 0.2) is 79.0 Å². The van der Waals surface area contributed by atoms with Crippen molar-refractivity contribution in [3.8, 4) is 16.9 Å². The van der Waals surface area contributed by atoms with Crippen molar-refractivity contribution < 1.29 is 0 Å². The summed E-state index contributed by atoms with van der Waals surface area (Å²) in [6.45, 7) is 5.88. The van der Waals surface area contributed by atoms with Crippen molar-refractivity contribution in [3.05, 3.63) is 102 Å². The van der Waals surface area contributed by atoms with E-state index in [0.717, 1.165) is 47.0 Å². The second-order valence-electron chi connectivity index (χ2n) is 9.75. The maximum Gasteiger partial charge on any atom is 0.156 e. The average Bonchev–Trinajstić information content (AvgIpc) is 3.65. The van der Waals surface area contributed by atoms with Crippen molar-refractivity contribution in [3.63, 3.8) is 0 Å². The Balaban J connectivity index is 1.18. The van der Waals surface area contributed by atoms with E-state index in [4.69, 9.17) is 10.1 Å². The summed E-state index contributed by atoms with van der Waals surface area (Å²) in [5.41, 5.74) is 7.68. The van der Waals surface area contributed by atoms with Gasteiger partial charge in [0.15, 0.2) is 11.5 Å². The van der Waals surface area contributed by atoms with Gasteiger partial charge in [0, 0.05) is 12.0 Å². The zero-order valence-corrected chi connectivity index (χ0v) is 20.8. The molecular weight excluding hydrogens is 444 g/mol. The Hall–Kier alpha value is -3.77. The molecule has 0 bridgehead atoms. The van der Waals surface area contributed by atoms with Crippen molar-refractivity contribution >= 4 is 5.65 Å². The topological polar surface area (TPSA) is 51.3 Å². The number of para-hydroxylation sites is 1. The molecular formula is C30H32N6. The van der Waals surface area contributed by atoms with Crippen LogP contribution in [0, 0.1) is 6.92 Å². The van der Waals surface area contributed by atoms with Gasteiger partial charge in [0.2, 0.25) is 0 Å². The number of hydrogen-bond donors (Lipinski definition) is 0. The quantitative estimate of drug-likeness (QED) is 0.296. The van der Waals surface area contributed by atoms with E-state index in [1.807, 2.05) is 45.7 Å². The lowest BCUT2D eigenvalue weighted by atomic mass is 10.1. The molecule has 0 unspecified atom stereocenters. The van der Waals surface area contributed by atoms with Crippen LogP contribution in [0.3, 0.4) is 0 Å². The molecule has 0 radical (unpaired) electrons. The molecule has 1 aliphatic heterocycles. The number of likely N-dealkylation sites (tertiary alicyclic amines) is 1. The Morgan fingerprint density at radius 1 is 0.833 bits per heavy atom. The number of rotatable bonds is 8. The van der Waals surface area contributed by atoms with Crippen molar-refractivity contribution in [1.82, 2.24) is 29.3 Å². The van der Waals surface area contributed by atoms with Gasteiger partial charge in [-0.25, -0.2) is 14.2 Å². The lowest BCUT2D eigenvalue weighted by Gasteiger charge is -2.13. The van der Waals surface area contributed by atoms with Gasteiger partial charge in [0.1, 0.15) is 0 Å². The van der Waals surface area contributed by atoms with Gasteiger partial charge in [-0.05, 0) is 87.6 Å². The smallest absolute Gasteiger partial charge is 0.156 e. The molecule has 3 aromatic heterocycles. The molecule has 1 aliphatic rings. The summed E-state index contributed by atoms with van der Waals surface area (Å²) in [4.78, 5) is 7.41. The third kappa shape index (κ3) is 4.69. The fourth-order valence-corrected chi connectivity index (χ4v) is 5.24. The summed E-state index contributed by atoms with van der Waals surface area (Å²) >= 11 is 0. The zero-order valence-electron chi connectivity index (χ0n) is 20.8. The monoisotopic (exact) mass is 476 g/mol. The van der Waals surface area contributed by atoms with Crippen LogP contribution in [0.4, 0.5) is 0 Å². The fourth-order valence-electron chi connectivity index (χ4n) is 5.24. The average molecular weight is 477 g/mol. The van der Waals surface area contributed by atoms with Crippen molar-refractivity contribution in [2.24, 2.45) is 0 Å². The fraction of sp³-hybridized carbons (Fsp3) is 0.300. The normalized spacial score (nSPS) is 14.1. The molecule has 6 nitrogen and oxygen atoms in total. The molecule has 182 valence electrons. The van der Waals surface area contributed by atoms with E-state index < -0.39 is 0 Å². The Labute approximate surface area is 212 Å². The Morgan fingerprint density at radius 3 is 2.42 bits per heavy atom. The van der Waals surface area contributed by atoms with E-state index in [-0.39, 0.29) is 0 Å². The van der Waals surface area contributed by atoms with Crippen LogP contribution < -0.4 is 0 Å². The van der Waals surface area contributed by atoms with E-state index in [1.54, 1.807) is 0 Å². The lowest BCUT2D eigenvalue weighted by molar-refractivity contribution is 0.334. The lowest BCUT2D eigenvalue weighted by Crippen LogP contribution is -2.20. The highest BCUT2D eigenvalue weighted by Crippen LogP contribution is 2.26. The molecule has 6 rings (SSSR count). The number of fused-ring (bicyclic) bond motifs is 1. The van der Waals surface area contributed by atoms with Crippen LogP contribution >= 0.6 is 0 Å². The number of nitrogens with zero attached hydrogens (tertiary/aromatic N) is 6. The van der Waals surface area contributed by atoms with E-state index >= 15 is 0 Å². The highest BCUT2D eigenvalue weighted by Gasteiger charge is 2.15. The molecule has 1 saturated heterocycles. The molecule has 2 aromatic carbocycles. The van der Waals surface area contributed by atoms with E-state index in [1.165, 1.54) is 50.0 Å². The van der Waals surface area contributed by atoms with Crippen LogP contribution in [-0.4, -0.2) is 48.9 Å². The number of aromatic nitrogens is 5. The first-order valence-electron chi connectivity index (χ1n) is 13.0. The molecule has 0 atom stereocenters. The number of pyridine rings is 1. The first kappa shape index (κ1) is 22.7. The minimum absolute atomic E-state index is 0.720. The SMILES string of the molecule is Cc1c(-c2cccc3nc(Cc4ccc(CCCN5CCCC5)cc4)nn23)cnn1-c1ccccc1. The van der Waals surface area contributed by atoms with Crippen LogP contribution in [0.2, 0.25) is 0 Å². The van der Waals surface area contributed by atoms with Crippen molar-refractivity contribution in [2.75, 3.05) is 19.6 Å². The van der Waals surface area contributed by atoms with Gasteiger partial charge < -0.3 is 4.90 Å². The predicted molar refractivity (Wildman–Crippen MR) is 144 cm³/mol. The first-order chi connectivity index (χ1) is 17.7. The third-order valence-electron chi connectivity index (χ3n) is 7.21. The number of hydrogen-bond acceptors (Lipinski definition) is 4. The molecule has 0 amide bonds. The van der Waals surface area contributed by atoms with Gasteiger partial charge in [0.05, 0.1) is 23.3 Å². The van der Waals surface area contributed by atoms with Crippen molar-refractivity contribution in [1.29, 1.82) is 0 Å². The summed E-state index contributed by atoms with van der Waals surface area (Å²) in [6, 6.07) is 25.3. The number of benzene rings is 2. The van der Waals surface area contributed by atoms with Crippen LogP contribution in [0.1, 0.15) is 41.9 Å². The summed E-state index contributed by atoms with van der Waals surface area (Å²) in [5.74, 6) is 0.831. The van der Waals surface area contributed by atoms with Gasteiger partial charge in [-0.15, -0.1) is 0 Å². The minimum atomic E-state index is 0.720. The summed E-state index contributed by atoms with van der Waals surface area (Å²) < 4.78 is 3.92. The molecule has 0 saturated carbocycles. The third-order valence-corrected chi connectivity index (χ3v) is 7.21. The van der Waals surface area contributed by atoms with Gasteiger partial charge in [-0.1, -0.05) is 48.5 Å². The molecule has 4 heterocycles. The number of aryl methyl sites for hydroxylation is 1. The minimum Gasteiger partial charge on any atom is -0.303 e. The molecule has 0 aliphatic carbocycles. The second-order valence-corrected chi connectivity index (χ2v) is 9.75. The zero-order chi connectivity index (χ0) is 24.3. The van der Waals surface area contributed by atoms with Crippen LogP contribution in [0.5, 0.6) is 0 Å². The highest BCUT2D eigenvalue weighted by atomic mass is 15.3. The van der Waals surface area contributed by atoms with Crippen LogP contribution in [0.25, 0.3) is 22.6 Å². The van der Waals surface area contributed by atoms with Gasteiger partial charge in [-0.3, -0.25) is 0 Å². The maximum absolute atomic E-state index is 4.89. The largest absolute Gasteiger partial charge is 0.303 e.